The van der Waals surface area contributed by atoms with E-state index in [1.807, 2.05) is 51.1 Å². The van der Waals surface area contributed by atoms with Gasteiger partial charge in [0.1, 0.15) is 17.1 Å². The highest BCUT2D eigenvalue weighted by Crippen LogP contribution is 2.40. The maximum atomic E-state index is 13.1. The predicted octanol–water partition coefficient (Wildman–Crippen LogP) is 2.94. The summed E-state index contributed by atoms with van der Waals surface area (Å²) in [6, 6.07) is 12.6. The molecule has 2 aromatic rings. The first-order valence-electron chi connectivity index (χ1n) is 9.87. The molecule has 0 unspecified atom stereocenters. The highest BCUT2D eigenvalue weighted by molar-refractivity contribution is 7.92. The topological polar surface area (TPSA) is 84.9 Å². The summed E-state index contributed by atoms with van der Waals surface area (Å²) in [5, 5.41) is 3.05. The lowest BCUT2D eigenvalue weighted by atomic mass is 9.89. The Morgan fingerprint density at radius 3 is 2.63 bits per heavy atom. The average Bonchev–Trinajstić information content (AvgIpc) is 2.65. The van der Waals surface area contributed by atoms with Gasteiger partial charge in [0.25, 0.3) is 5.91 Å². The summed E-state index contributed by atoms with van der Waals surface area (Å²) in [6.07, 6.45) is 0.776. The van der Waals surface area contributed by atoms with E-state index in [0.717, 1.165) is 23.1 Å². The first kappa shape index (κ1) is 20.5. The summed E-state index contributed by atoms with van der Waals surface area (Å²) in [5.41, 5.74) is 1.83. The zero-order valence-corrected chi connectivity index (χ0v) is 18.3. The van der Waals surface area contributed by atoms with Crippen LogP contribution in [0.4, 0.5) is 5.69 Å². The Balaban J connectivity index is 1.61. The van der Waals surface area contributed by atoms with Crippen molar-refractivity contribution >= 4 is 21.6 Å². The molecule has 1 N–H and O–H groups in total. The maximum absolute atomic E-state index is 13.1. The number of rotatable bonds is 3. The van der Waals surface area contributed by atoms with Crippen LogP contribution in [0.1, 0.15) is 37.4 Å². The summed E-state index contributed by atoms with van der Waals surface area (Å²) in [4.78, 5) is 13.1. The van der Waals surface area contributed by atoms with E-state index in [1.165, 1.54) is 4.31 Å². The third-order valence-corrected chi connectivity index (χ3v) is 6.52. The van der Waals surface area contributed by atoms with E-state index in [-0.39, 0.29) is 18.5 Å². The van der Waals surface area contributed by atoms with Crippen LogP contribution in [0, 0.1) is 6.92 Å². The molecule has 0 saturated heterocycles. The van der Waals surface area contributed by atoms with Crippen molar-refractivity contribution in [1.82, 2.24) is 5.32 Å². The van der Waals surface area contributed by atoms with Gasteiger partial charge >= 0.3 is 0 Å². The first-order valence-corrected chi connectivity index (χ1v) is 11.7. The van der Waals surface area contributed by atoms with E-state index in [1.54, 1.807) is 12.1 Å². The van der Waals surface area contributed by atoms with Crippen molar-refractivity contribution in [2.45, 2.75) is 44.9 Å². The van der Waals surface area contributed by atoms with Crippen molar-refractivity contribution < 1.29 is 22.7 Å². The number of fused-ring (bicyclic) bond motifs is 2. The number of benzene rings is 2. The minimum atomic E-state index is -3.57. The molecule has 1 amide bonds. The molecule has 0 radical (unpaired) electrons. The maximum Gasteiger partial charge on any atom is 0.263 e. The van der Waals surface area contributed by atoms with Gasteiger partial charge in [-0.25, -0.2) is 8.42 Å². The quantitative estimate of drug-likeness (QED) is 0.809. The Morgan fingerprint density at radius 1 is 1.17 bits per heavy atom. The van der Waals surface area contributed by atoms with Crippen LogP contribution in [0.25, 0.3) is 0 Å². The molecule has 0 bridgehead atoms. The third-order valence-electron chi connectivity index (χ3n) is 5.37. The Labute approximate surface area is 177 Å². The van der Waals surface area contributed by atoms with E-state index in [0.29, 0.717) is 17.9 Å². The lowest BCUT2D eigenvalue weighted by molar-refractivity contribution is -0.129. The van der Waals surface area contributed by atoms with Crippen LogP contribution in [0.2, 0.25) is 0 Å². The minimum Gasteiger partial charge on any atom is -0.487 e. The molecule has 30 heavy (non-hydrogen) atoms. The molecular formula is C22H26N2O5S. The van der Waals surface area contributed by atoms with Crippen LogP contribution in [0.15, 0.2) is 42.5 Å². The Kier molecular flexibility index (Phi) is 4.92. The molecule has 2 aliphatic rings. The zero-order valence-electron chi connectivity index (χ0n) is 17.5. The second-order valence-electron chi connectivity index (χ2n) is 8.54. The Morgan fingerprint density at radius 2 is 1.90 bits per heavy atom. The number of nitrogens with zero attached hydrogens (tertiary/aromatic N) is 1. The zero-order chi connectivity index (χ0) is 21.7. The van der Waals surface area contributed by atoms with Crippen LogP contribution in [-0.4, -0.2) is 38.8 Å². The monoisotopic (exact) mass is 430 g/mol. The molecule has 2 aromatic carbocycles. The van der Waals surface area contributed by atoms with E-state index in [2.05, 4.69) is 5.32 Å². The molecule has 0 aliphatic carbocycles. The number of hydrogen-bond donors (Lipinski definition) is 1. The van der Waals surface area contributed by atoms with Crippen molar-refractivity contribution in [3.8, 4) is 11.5 Å². The predicted molar refractivity (Wildman–Crippen MR) is 114 cm³/mol. The van der Waals surface area contributed by atoms with Gasteiger partial charge in [-0.3, -0.25) is 9.10 Å². The largest absolute Gasteiger partial charge is 0.487 e. The van der Waals surface area contributed by atoms with Crippen molar-refractivity contribution in [3.63, 3.8) is 0 Å². The number of hydrogen-bond acceptors (Lipinski definition) is 5. The second-order valence-corrected chi connectivity index (χ2v) is 10.4. The number of aryl methyl sites for hydroxylation is 1. The molecule has 160 valence electrons. The van der Waals surface area contributed by atoms with Crippen molar-refractivity contribution in [3.05, 3.63) is 53.6 Å². The molecule has 2 aliphatic heterocycles. The standard InChI is InChI=1S/C22H26N2O5S/c1-14-9-10-19-17(11-14)24(30(4,26)27)13-20(28-19)21(25)23-16-12-22(2,3)29-18-8-6-5-7-15(16)18/h5-11,16,20H,12-13H2,1-4H3,(H,23,25)/t16-,20+/m0/s1. The Bertz CT molecular complexity index is 1100. The summed E-state index contributed by atoms with van der Waals surface area (Å²) in [5.74, 6) is 0.764. The average molecular weight is 431 g/mol. The normalized spacial score (nSPS) is 22.2. The van der Waals surface area contributed by atoms with E-state index in [9.17, 15) is 13.2 Å². The van der Waals surface area contributed by atoms with Crippen LogP contribution < -0.4 is 19.1 Å². The highest BCUT2D eigenvalue weighted by atomic mass is 32.2. The molecule has 7 nitrogen and oxygen atoms in total. The summed E-state index contributed by atoms with van der Waals surface area (Å²) < 4.78 is 38.0. The van der Waals surface area contributed by atoms with Crippen molar-refractivity contribution in [1.29, 1.82) is 0 Å². The first-order chi connectivity index (χ1) is 14.0. The van der Waals surface area contributed by atoms with E-state index < -0.39 is 21.7 Å². The molecule has 0 aromatic heterocycles. The van der Waals surface area contributed by atoms with Crippen molar-refractivity contribution in [2.24, 2.45) is 0 Å². The third kappa shape index (κ3) is 3.96. The van der Waals surface area contributed by atoms with E-state index >= 15 is 0 Å². The summed E-state index contributed by atoms with van der Waals surface area (Å²) in [7, 11) is -3.57. The molecular weight excluding hydrogens is 404 g/mol. The fraction of sp³-hybridized carbons (Fsp3) is 0.409. The number of nitrogens with one attached hydrogen (secondary N) is 1. The number of anilines is 1. The number of ether oxygens (including phenoxy) is 2. The van der Waals surface area contributed by atoms with Gasteiger partial charge < -0.3 is 14.8 Å². The van der Waals surface area contributed by atoms with Gasteiger partial charge in [-0.15, -0.1) is 0 Å². The van der Waals surface area contributed by atoms with Gasteiger partial charge in [0.15, 0.2) is 6.10 Å². The lowest BCUT2D eigenvalue weighted by Gasteiger charge is -2.39. The van der Waals surface area contributed by atoms with Crippen LogP contribution >= 0.6 is 0 Å². The molecule has 0 spiro atoms. The van der Waals surface area contributed by atoms with Gasteiger partial charge in [-0.05, 0) is 44.5 Å². The summed E-state index contributed by atoms with van der Waals surface area (Å²) in [6.45, 7) is 5.76. The number of carbonyl (C=O) groups is 1. The lowest BCUT2D eigenvalue weighted by Crippen LogP contribution is -2.52. The minimum absolute atomic E-state index is 0.0740. The molecule has 4 rings (SSSR count). The Hall–Kier alpha value is -2.74. The molecule has 2 heterocycles. The molecule has 0 fully saturated rings. The highest BCUT2D eigenvalue weighted by Gasteiger charge is 2.39. The fourth-order valence-corrected chi connectivity index (χ4v) is 4.91. The van der Waals surface area contributed by atoms with Crippen LogP contribution in [0.3, 0.4) is 0 Å². The number of sulfonamides is 1. The van der Waals surface area contributed by atoms with Gasteiger partial charge in [-0.2, -0.15) is 0 Å². The SMILES string of the molecule is Cc1ccc2c(c1)N(S(C)(=O)=O)C[C@H](C(=O)N[C@H]1CC(C)(C)Oc3ccccc31)O2. The van der Waals surface area contributed by atoms with Gasteiger partial charge in [0.2, 0.25) is 10.0 Å². The number of para-hydroxylation sites is 1. The van der Waals surface area contributed by atoms with Crippen LogP contribution in [0.5, 0.6) is 11.5 Å². The second kappa shape index (κ2) is 7.19. The molecule has 2 atom stereocenters. The van der Waals surface area contributed by atoms with Gasteiger partial charge in [-0.1, -0.05) is 24.3 Å². The molecule has 8 heteroatoms. The van der Waals surface area contributed by atoms with Gasteiger partial charge in [0.05, 0.1) is 24.5 Å². The van der Waals surface area contributed by atoms with Crippen LogP contribution in [-0.2, 0) is 14.8 Å². The number of carbonyl (C=O) groups excluding carboxylic acids is 1. The van der Waals surface area contributed by atoms with Crippen molar-refractivity contribution in [2.75, 3.05) is 17.1 Å². The fourth-order valence-electron chi connectivity index (χ4n) is 4.01. The molecule has 0 saturated carbocycles. The van der Waals surface area contributed by atoms with E-state index in [4.69, 9.17) is 9.47 Å². The number of amides is 1. The smallest absolute Gasteiger partial charge is 0.263 e. The van der Waals surface area contributed by atoms with Gasteiger partial charge in [0, 0.05) is 12.0 Å². The summed E-state index contributed by atoms with van der Waals surface area (Å²) >= 11 is 0.